The highest BCUT2D eigenvalue weighted by Gasteiger charge is 2.37. The summed E-state index contributed by atoms with van der Waals surface area (Å²) >= 11 is 1.37. The molecule has 3 rings (SSSR count). The SMILES string of the molecule is CN1CCc2nc(C(=O)N[C@@H]3C[C@H](C(=O)O)CC[C@@H]3NC(=O)OC(C)(C)C)sc2C1. The monoisotopic (exact) mass is 438 g/mol. The first-order valence-corrected chi connectivity index (χ1v) is 11.0. The highest BCUT2D eigenvalue weighted by Crippen LogP contribution is 2.28. The van der Waals surface area contributed by atoms with E-state index >= 15 is 0 Å². The van der Waals surface area contributed by atoms with Crippen molar-refractivity contribution >= 4 is 29.3 Å². The Kier molecular flexibility index (Phi) is 6.66. The highest BCUT2D eigenvalue weighted by molar-refractivity contribution is 7.13. The van der Waals surface area contributed by atoms with Gasteiger partial charge in [0.25, 0.3) is 5.91 Å². The lowest BCUT2D eigenvalue weighted by Gasteiger charge is -2.35. The number of aromatic nitrogens is 1. The van der Waals surface area contributed by atoms with Gasteiger partial charge in [0.15, 0.2) is 5.01 Å². The van der Waals surface area contributed by atoms with Crippen molar-refractivity contribution in [2.24, 2.45) is 5.92 Å². The molecule has 0 aromatic carbocycles. The number of amides is 2. The van der Waals surface area contributed by atoms with E-state index in [2.05, 4.69) is 20.5 Å². The molecule has 0 unspecified atom stereocenters. The zero-order valence-corrected chi connectivity index (χ0v) is 18.7. The first kappa shape index (κ1) is 22.5. The summed E-state index contributed by atoms with van der Waals surface area (Å²) < 4.78 is 5.32. The number of fused-ring (bicyclic) bond motifs is 1. The van der Waals surface area contributed by atoms with E-state index in [1.165, 1.54) is 11.3 Å². The molecule has 1 aromatic rings. The lowest BCUT2D eigenvalue weighted by Crippen LogP contribution is -2.55. The summed E-state index contributed by atoms with van der Waals surface area (Å²) in [5, 5.41) is 15.5. The van der Waals surface area contributed by atoms with E-state index in [0.29, 0.717) is 17.8 Å². The Morgan fingerprint density at radius 3 is 2.60 bits per heavy atom. The number of carboxylic acids is 1. The molecule has 2 aliphatic rings. The van der Waals surface area contributed by atoms with E-state index in [-0.39, 0.29) is 12.3 Å². The Morgan fingerprint density at radius 1 is 1.20 bits per heavy atom. The van der Waals surface area contributed by atoms with Crippen molar-refractivity contribution in [1.29, 1.82) is 0 Å². The fourth-order valence-electron chi connectivity index (χ4n) is 3.84. The molecule has 1 aromatic heterocycles. The Bertz CT molecular complexity index is 819. The Hall–Kier alpha value is -2.20. The molecule has 30 heavy (non-hydrogen) atoms. The van der Waals surface area contributed by atoms with Crippen LogP contribution in [0.2, 0.25) is 0 Å². The van der Waals surface area contributed by atoms with Crippen LogP contribution in [0.3, 0.4) is 0 Å². The maximum absolute atomic E-state index is 12.9. The number of hydrogen-bond acceptors (Lipinski definition) is 7. The normalized spacial score (nSPS) is 24.6. The van der Waals surface area contributed by atoms with Crippen molar-refractivity contribution in [1.82, 2.24) is 20.5 Å². The third-order valence-electron chi connectivity index (χ3n) is 5.33. The quantitative estimate of drug-likeness (QED) is 0.657. The number of carboxylic acid groups (broad SMARTS) is 1. The zero-order chi connectivity index (χ0) is 22.1. The number of thiazole rings is 1. The summed E-state index contributed by atoms with van der Waals surface area (Å²) in [6.07, 6.45) is 1.35. The number of alkyl carbamates (subject to hydrolysis) is 1. The summed E-state index contributed by atoms with van der Waals surface area (Å²) in [5.41, 5.74) is 0.313. The number of nitrogens with zero attached hydrogens (tertiary/aromatic N) is 2. The predicted octanol–water partition coefficient (Wildman–Crippen LogP) is 2.01. The maximum Gasteiger partial charge on any atom is 0.407 e. The van der Waals surface area contributed by atoms with Gasteiger partial charge in [-0.2, -0.15) is 0 Å². The second-order valence-corrected chi connectivity index (χ2v) is 10.1. The van der Waals surface area contributed by atoms with Crippen LogP contribution in [0.1, 0.15) is 60.4 Å². The molecule has 3 atom stereocenters. The number of ether oxygens (including phenoxy) is 1. The van der Waals surface area contributed by atoms with Gasteiger partial charge in [0.05, 0.1) is 23.7 Å². The first-order chi connectivity index (χ1) is 14.0. The van der Waals surface area contributed by atoms with Crippen molar-refractivity contribution in [2.75, 3.05) is 13.6 Å². The summed E-state index contributed by atoms with van der Waals surface area (Å²) in [7, 11) is 2.03. The zero-order valence-electron chi connectivity index (χ0n) is 17.9. The lowest BCUT2D eigenvalue weighted by atomic mass is 9.82. The average molecular weight is 439 g/mol. The van der Waals surface area contributed by atoms with E-state index in [1.807, 2.05) is 7.05 Å². The number of likely N-dealkylation sites (N-methyl/N-ethyl adjacent to an activating group) is 1. The van der Waals surface area contributed by atoms with E-state index in [0.717, 1.165) is 30.1 Å². The van der Waals surface area contributed by atoms with Crippen LogP contribution in [0.4, 0.5) is 4.79 Å². The Balaban J connectivity index is 1.70. The molecule has 3 N–H and O–H groups in total. The van der Waals surface area contributed by atoms with Crippen LogP contribution < -0.4 is 10.6 Å². The van der Waals surface area contributed by atoms with Gasteiger partial charge in [0.1, 0.15) is 5.60 Å². The van der Waals surface area contributed by atoms with Gasteiger partial charge in [0.2, 0.25) is 0 Å². The summed E-state index contributed by atoms with van der Waals surface area (Å²) in [6, 6.07) is -0.913. The molecule has 1 aliphatic carbocycles. The largest absolute Gasteiger partial charge is 0.481 e. The lowest BCUT2D eigenvalue weighted by molar-refractivity contribution is -0.143. The third-order valence-corrected chi connectivity index (χ3v) is 6.42. The minimum atomic E-state index is -0.891. The van der Waals surface area contributed by atoms with Crippen LogP contribution in [-0.4, -0.2) is 64.2 Å². The molecule has 0 saturated heterocycles. The van der Waals surface area contributed by atoms with E-state index in [4.69, 9.17) is 4.74 Å². The summed E-state index contributed by atoms with van der Waals surface area (Å²) in [4.78, 5) is 44.4. The van der Waals surface area contributed by atoms with Crippen molar-refractivity contribution in [3.8, 4) is 0 Å². The van der Waals surface area contributed by atoms with Crippen LogP contribution in [0.5, 0.6) is 0 Å². The Morgan fingerprint density at radius 2 is 1.93 bits per heavy atom. The Labute approximate surface area is 180 Å². The number of carbonyl (C=O) groups is 3. The molecule has 2 heterocycles. The van der Waals surface area contributed by atoms with Gasteiger partial charge in [-0.1, -0.05) is 0 Å². The van der Waals surface area contributed by atoms with E-state index in [9.17, 15) is 19.5 Å². The van der Waals surface area contributed by atoms with Crippen molar-refractivity contribution in [2.45, 2.75) is 70.7 Å². The fourth-order valence-corrected chi connectivity index (χ4v) is 4.93. The van der Waals surface area contributed by atoms with Gasteiger partial charge in [-0.05, 0) is 47.1 Å². The molecule has 1 aliphatic heterocycles. The van der Waals surface area contributed by atoms with Crippen molar-refractivity contribution < 1.29 is 24.2 Å². The number of aliphatic carboxylic acids is 1. The standard InChI is InChI=1S/C20H30N4O5S/c1-20(2,3)29-19(28)23-12-6-5-11(18(26)27)9-14(12)21-16(25)17-22-13-7-8-24(4)10-15(13)30-17/h11-12,14H,5-10H2,1-4H3,(H,21,25)(H,23,28)(H,26,27)/t11-,12+,14-/m1/s1. The molecule has 1 fully saturated rings. The number of carbonyl (C=O) groups excluding carboxylic acids is 2. The van der Waals surface area contributed by atoms with Crippen LogP contribution in [0, 0.1) is 5.92 Å². The molecule has 0 radical (unpaired) electrons. The molecule has 1 saturated carbocycles. The second kappa shape index (κ2) is 8.89. The van der Waals surface area contributed by atoms with Crippen LogP contribution in [0.25, 0.3) is 0 Å². The molecule has 0 bridgehead atoms. The highest BCUT2D eigenvalue weighted by atomic mass is 32.1. The molecule has 2 amide bonds. The van der Waals surface area contributed by atoms with Crippen molar-refractivity contribution in [3.63, 3.8) is 0 Å². The minimum Gasteiger partial charge on any atom is -0.481 e. The number of rotatable bonds is 4. The van der Waals surface area contributed by atoms with Gasteiger partial charge in [-0.15, -0.1) is 11.3 Å². The van der Waals surface area contributed by atoms with Gasteiger partial charge >= 0.3 is 12.1 Å². The molecule has 9 nitrogen and oxygen atoms in total. The average Bonchev–Trinajstić information content (AvgIpc) is 3.04. The summed E-state index contributed by atoms with van der Waals surface area (Å²) in [5.74, 6) is -1.79. The first-order valence-electron chi connectivity index (χ1n) is 10.2. The molecule has 166 valence electrons. The van der Waals surface area contributed by atoms with Crippen LogP contribution >= 0.6 is 11.3 Å². The fraction of sp³-hybridized carbons (Fsp3) is 0.700. The van der Waals surface area contributed by atoms with Crippen molar-refractivity contribution in [3.05, 3.63) is 15.6 Å². The predicted molar refractivity (Wildman–Crippen MR) is 112 cm³/mol. The van der Waals surface area contributed by atoms with E-state index < -0.39 is 35.7 Å². The van der Waals surface area contributed by atoms with Gasteiger partial charge in [0, 0.05) is 24.4 Å². The van der Waals surface area contributed by atoms with Gasteiger partial charge in [-0.3, -0.25) is 9.59 Å². The molecular weight excluding hydrogens is 408 g/mol. The van der Waals surface area contributed by atoms with Crippen LogP contribution in [0.15, 0.2) is 0 Å². The summed E-state index contributed by atoms with van der Waals surface area (Å²) in [6.45, 7) is 6.99. The molecule has 10 heteroatoms. The van der Waals surface area contributed by atoms with Crippen LogP contribution in [-0.2, 0) is 22.5 Å². The maximum atomic E-state index is 12.9. The van der Waals surface area contributed by atoms with Gasteiger partial charge in [-0.25, -0.2) is 9.78 Å². The van der Waals surface area contributed by atoms with E-state index in [1.54, 1.807) is 20.8 Å². The minimum absolute atomic E-state index is 0.245. The van der Waals surface area contributed by atoms with Gasteiger partial charge < -0.3 is 25.4 Å². The molecular formula is C20H30N4O5S. The second-order valence-electron chi connectivity index (χ2n) is 9.06. The smallest absolute Gasteiger partial charge is 0.407 e. The number of nitrogens with one attached hydrogen (secondary N) is 2. The number of hydrogen-bond donors (Lipinski definition) is 3. The topological polar surface area (TPSA) is 121 Å². The third kappa shape index (κ3) is 5.69. The molecule has 0 spiro atoms.